The molecule has 2 fully saturated rings. The van der Waals surface area contributed by atoms with Gasteiger partial charge in [0, 0.05) is 11.1 Å². The third-order valence-corrected chi connectivity index (χ3v) is 12.5. The van der Waals surface area contributed by atoms with Gasteiger partial charge in [-0.1, -0.05) is 52.3 Å². The van der Waals surface area contributed by atoms with E-state index in [4.69, 9.17) is 4.43 Å². The topological polar surface area (TPSA) is 70.7 Å². The van der Waals surface area contributed by atoms with E-state index in [0.29, 0.717) is 6.42 Å². The summed E-state index contributed by atoms with van der Waals surface area (Å²) in [7, 11) is -1.83. The molecule has 3 aliphatic heterocycles. The highest BCUT2D eigenvalue weighted by atomic mass is 28.4. The van der Waals surface area contributed by atoms with Gasteiger partial charge in [-0.15, -0.1) is 0 Å². The third kappa shape index (κ3) is 3.09. The van der Waals surface area contributed by atoms with Crippen LogP contribution in [0.1, 0.15) is 52.5 Å². The number of rotatable bonds is 8. The van der Waals surface area contributed by atoms with Crippen molar-refractivity contribution in [2.75, 3.05) is 11.9 Å². The lowest BCUT2D eigenvalue weighted by Crippen LogP contribution is -2.65. The van der Waals surface area contributed by atoms with Crippen LogP contribution in [0.4, 0.5) is 5.69 Å². The van der Waals surface area contributed by atoms with E-state index >= 15 is 0 Å². The number of amides is 2. The lowest BCUT2D eigenvalue weighted by molar-refractivity contribution is -0.149. The fourth-order valence-corrected chi connectivity index (χ4v) is 8.55. The molecule has 0 unspecified atom stereocenters. The van der Waals surface area contributed by atoms with Gasteiger partial charge in [0.2, 0.25) is 11.8 Å². The van der Waals surface area contributed by atoms with Crippen LogP contribution < -0.4 is 10.6 Å². The molecule has 6 nitrogen and oxygen atoms in total. The van der Waals surface area contributed by atoms with E-state index < -0.39 is 20.4 Å². The SMILES string of the molecule is CCC[C@]12C[C@H]3C(=O)N[C@@H](CO[Si](CC)(CC)CC)C(=O)N3[C@H]1Nc1ccccc12. The molecule has 0 spiro atoms. The van der Waals surface area contributed by atoms with Gasteiger partial charge < -0.3 is 20.0 Å². The van der Waals surface area contributed by atoms with E-state index in [0.717, 1.165) is 36.7 Å². The Bertz CT molecular complexity index is 819. The predicted octanol–water partition coefficient (Wildman–Crippen LogP) is 3.60. The van der Waals surface area contributed by atoms with Crippen molar-refractivity contribution >= 4 is 25.8 Å². The number of nitrogens with one attached hydrogen (secondary N) is 2. The first-order valence-electron chi connectivity index (χ1n) is 11.6. The van der Waals surface area contributed by atoms with Crippen LogP contribution in [0.15, 0.2) is 24.3 Å². The van der Waals surface area contributed by atoms with E-state index in [2.05, 4.69) is 56.5 Å². The van der Waals surface area contributed by atoms with Crippen LogP contribution in [0.2, 0.25) is 18.1 Å². The number of para-hydroxylation sites is 1. The molecule has 30 heavy (non-hydrogen) atoms. The van der Waals surface area contributed by atoms with Crippen LogP contribution in [-0.4, -0.2) is 49.9 Å². The maximum atomic E-state index is 13.6. The molecule has 1 aromatic rings. The first kappa shape index (κ1) is 21.4. The highest BCUT2D eigenvalue weighted by Crippen LogP contribution is 2.54. The van der Waals surface area contributed by atoms with E-state index in [1.165, 1.54) is 5.56 Å². The quantitative estimate of drug-likeness (QED) is 0.620. The number of carbonyl (C=O) groups excluding carboxylic acids is 2. The second-order valence-corrected chi connectivity index (χ2v) is 13.9. The minimum Gasteiger partial charge on any atom is -0.414 e. The summed E-state index contributed by atoms with van der Waals surface area (Å²) in [6.45, 7) is 8.99. The van der Waals surface area contributed by atoms with Crippen LogP contribution in [0.5, 0.6) is 0 Å². The van der Waals surface area contributed by atoms with Gasteiger partial charge in [-0.25, -0.2) is 0 Å². The fraction of sp³-hybridized carbons (Fsp3) is 0.652. The van der Waals surface area contributed by atoms with Crippen LogP contribution in [0.25, 0.3) is 0 Å². The summed E-state index contributed by atoms with van der Waals surface area (Å²) in [5, 5.41) is 6.59. The Hall–Kier alpha value is -1.86. The van der Waals surface area contributed by atoms with Crippen LogP contribution >= 0.6 is 0 Å². The maximum Gasteiger partial charge on any atom is 0.249 e. The van der Waals surface area contributed by atoms with E-state index in [-0.39, 0.29) is 30.0 Å². The smallest absolute Gasteiger partial charge is 0.249 e. The highest BCUT2D eigenvalue weighted by Gasteiger charge is 2.62. The fourth-order valence-electron chi connectivity index (χ4n) is 5.91. The number of piperazine rings is 1. The number of hydrogen-bond acceptors (Lipinski definition) is 4. The van der Waals surface area contributed by atoms with Gasteiger partial charge in [-0.3, -0.25) is 9.59 Å². The van der Waals surface area contributed by atoms with Crippen molar-refractivity contribution in [2.45, 2.75) is 88.8 Å². The largest absolute Gasteiger partial charge is 0.414 e. The molecule has 0 saturated carbocycles. The Balaban J connectivity index is 1.61. The molecule has 2 amide bonds. The average molecular weight is 430 g/mol. The summed E-state index contributed by atoms with van der Waals surface area (Å²) in [6.07, 6.45) is 2.48. The van der Waals surface area contributed by atoms with E-state index in [1.54, 1.807) is 0 Å². The van der Waals surface area contributed by atoms with Gasteiger partial charge in [-0.2, -0.15) is 0 Å². The average Bonchev–Trinajstić information content (AvgIpc) is 3.24. The van der Waals surface area contributed by atoms with Gasteiger partial charge >= 0.3 is 0 Å². The molecule has 4 rings (SSSR count). The normalized spacial score (nSPS) is 29.9. The zero-order valence-corrected chi connectivity index (χ0v) is 19.7. The molecule has 2 saturated heterocycles. The van der Waals surface area contributed by atoms with Gasteiger partial charge in [0.05, 0.1) is 6.61 Å². The van der Waals surface area contributed by atoms with Crippen molar-refractivity contribution in [3.05, 3.63) is 29.8 Å². The lowest BCUT2D eigenvalue weighted by atomic mass is 9.74. The molecular weight excluding hydrogens is 394 g/mol. The first-order valence-corrected chi connectivity index (χ1v) is 14.1. The first-order chi connectivity index (χ1) is 14.4. The Morgan fingerprint density at radius 1 is 1.10 bits per heavy atom. The molecule has 3 aliphatic rings. The van der Waals surface area contributed by atoms with Crippen molar-refractivity contribution in [3.63, 3.8) is 0 Å². The molecule has 4 atom stereocenters. The number of benzene rings is 1. The molecule has 1 aromatic carbocycles. The standard InChI is InChI=1S/C23H35N3O3Si/c1-5-13-23-14-19-20(27)24-18(15-29-30(6-2,7-3)8-4)21(28)26(19)22(23)25-17-12-10-9-11-16(17)23/h9-12,18-19,22,25H,5-8,13-15H2,1-4H3,(H,24,27)/t18-,19-,22+,23+/m0/s1. The van der Waals surface area contributed by atoms with Gasteiger partial charge in [0.1, 0.15) is 18.2 Å². The monoisotopic (exact) mass is 429 g/mol. The molecule has 0 radical (unpaired) electrons. The van der Waals surface area contributed by atoms with Gasteiger partial charge in [-0.05, 0) is 42.6 Å². The molecule has 2 N–H and O–H groups in total. The molecule has 0 aromatic heterocycles. The number of hydrogen-bond donors (Lipinski definition) is 2. The highest BCUT2D eigenvalue weighted by molar-refractivity contribution is 6.73. The Morgan fingerprint density at radius 2 is 1.80 bits per heavy atom. The van der Waals surface area contributed by atoms with Crippen molar-refractivity contribution in [2.24, 2.45) is 0 Å². The minimum absolute atomic E-state index is 0.00547. The van der Waals surface area contributed by atoms with Crippen molar-refractivity contribution < 1.29 is 14.0 Å². The maximum absolute atomic E-state index is 13.6. The zero-order chi connectivity index (χ0) is 21.5. The molecular formula is C23H35N3O3Si. The predicted molar refractivity (Wildman–Crippen MR) is 121 cm³/mol. The van der Waals surface area contributed by atoms with Crippen LogP contribution in [0.3, 0.4) is 0 Å². The number of fused-ring (bicyclic) bond motifs is 5. The molecule has 0 bridgehead atoms. The summed E-state index contributed by atoms with van der Waals surface area (Å²) in [5.74, 6) is -0.0433. The van der Waals surface area contributed by atoms with Crippen molar-refractivity contribution in [1.82, 2.24) is 10.2 Å². The summed E-state index contributed by atoms with van der Waals surface area (Å²) in [6, 6.07) is 10.4. The summed E-state index contributed by atoms with van der Waals surface area (Å²) in [4.78, 5) is 28.5. The van der Waals surface area contributed by atoms with Gasteiger partial charge in [0.25, 0.3) is 0 Å². The molecule has 164 valence electrons. The number of carbonyl (C=O) groups is 2. The summed E-state index contributed by atoms with van der Waals surface area (Å²) >= 11 is 0. The number of anilines is 1. The molecule has 7 heteroatoms. The van der Waals surface area contributed by atoms with Crippen LogP contribution in [-0.2, 0) is 19.4 Å². The molecule has 0 aliphatic carbocycles. The zero-order valence-electron chi connectivity index (χ0n) is 18.7. The van der Waals surface area contributed by atoms with Crippen molar-refractivity contribution in [3.8, 4) is 0 Å². The Morgan fingerprint density at radius 3 is 2.47 bits per heavy atom. The van der Waals surface area contributed by atoms with E-state index in [9.17, 15) is 9.59 Å². The Kier molecular flexibility index (Phi) is 5.70. The van der Waals surface area contributed by atoms with E-state index in [1.807, 2.05) is 11.0 Å². The second kappa shape index (κ2) is 8.00. The van der Waals surface area contributed by atoms with Crippen LogP contribution in [0, 0.1) is 0 Å². The third-order valence-electron chi connectivity index (χ3n) is 7.81. The summed E-state index contributed by atoms with van der Waals surface area (Å²) in [5.41, 5.74) is 2.14. The van der Waals surface area contributed by atoms with Gasteiger partial charge in [0.15, 0.2) is 8.32 Å². The second-order valence-electron chi connectivity index (χ2n) is 9.08. The Labute approximate surface area is 180 Å². The van der Waals surface area contributed by atoms with Crippen molar-refractivity contribution in [1.29, 1.82) is 0 Å². The minimum atomic E-state index is -1.83. The lowest BCUT2D eigenvalue weighted by Gasteiger charge is -2.39. The number of nitrogens with zero attached hydrogens (tertiary/aromatic N) is 1. The molecule has 3 heterocycles. The summed E-state index contributed by atoms with van der Waals surface area (Å²) < 4.78 is 6.39.